The highest BCUT2D eigenvalue weighted by molar-refractivity contribution is 5.35. The zero-order valence-electron chi connectivity index (χ0n) is 13.5. The zero-order chi connectivity index (χ0) is 15.2. The van der Waals surface area contributed by atoms with Gasteiger partial charge in [-0.15, -0.1) is 0 Å². The standard InChI is InChI=1S/C17H28N2O2/c1-13-4-5-14(2)17(10-13)21-9-8-19-7-6-16(20-3)11-15(19)12-18/h4-5,10,15-16H,6-9,11-12,18H2,1-3H3. The molecule has 1 aliphatic heterocycles. The molecule has 2 rings (SSSR count). The highest BCUT2D eigenvalue weighted by Gasteiger charge is 2.27. The van der Waals surface area contributed by atoms with E-state index in [0.717, 1.165) is 31.7 Å². The Kier molecular flexibility index (Phi) is 6.03. The second-order valence-corrected chi connectivity index (χ2v) is 5.92. The first-order valence-electron chi connectivity index (χ1n) is 7.81. The van der Waals surface area contributed by atoms with Crippen LogP contribution in [-0.4, -0.2) is 50.4 Å². The first-order chi connectivity index (χ1) is 10.1. The van der Waals surface area contributed by atoms with Gasteiger partial charge < -0.3 is 15.2 Å². The van der Waals surface area contributed by atoms with Crippen molar-refractivity contribution in [2.24, 2.45) is 5.73 Å². The SMILES string of the molecule is COC1CCN(CCOc2cc(C)ccc2C)C(CN)C1. The van der Waals surface area contributed by atoms with Crippen molar-refractivity contribution >= 4 is 0 Å². The van der Waals surface area contributed by atoms with Crippen molar-refractivity contribution in [3.8, 4) is 5.75 Å². The molecule has 2 unspecified atom stereocenters. The molecule has 0 saturated carbocycles. The van der Waals surface area contributed by atoms with E-state index in [4.69, 9.17) is 15.2 Å². The van der Waals surface area contributed by atoms with Crippen LogP contribution in [0.3, 0.4) is 0 Å². The summed E-state index contributed by atoms with van der Waals surface area (Å²) in [6.45, 7) is 7.53. The third kappa shape index (κ3) is 4.43. The van der Waals surface area contributed by atoms with Crippen LogP contribution < -0.4 is 10.5 Å². The highest BCUT2D eigenvalue weighted by atomic mass is 16.5. The average molecular weight is 292 g/mol. The lowest BCUT2D eigenvalue weighted by atomic mass is 9.99. The third-order valence-corrected chi connectivity index (χ3v) is 4.37. The van der Waals surface area contributed by atoms with Crippen LogP contribution in [0.4, 0.5) is 0 Å². The second kappa shape index (κ2) is 7.78. The number of hydrogen-bond acceptors (Lipinski definition) is 4. The molecule has 1 aromatic carbocycles. The molecule has 0 aliphatic carbocycles. The van der Waals surface area contributed by atoms with Crippen molar-refractivity contribution in [2.45, 2.75) is 38.8 Å². The third-order valence-electron chi connectivity index (χ3n) is 4.37. The molecule has 1 saturated heterocycles. The van der Waals surface area contributed by atoms with Gasteiger partial charge >= 0.3 is 0 Å². The van der Waals surface area contributed by atoms with Crippen LogP contribution in [0.5, 0.6) is 5.75 Å². The smallest absolute Gasteiger partial charge is 0.122 e. The quantitative estimate of drug-likeness (QED) is 0.872. The molecule has 1 aliphatic rings. The number of nitrogens with zero attached hydrogens (tertiary/aromatic N) is 1. The monoisotopic (exact) mass is 292 g/mol. The molecule has 2 atom stereocenters. The number of ether oxygens (including phenoxy) is 2. The molecular weight excluding hydrogens is 264 g/mol. The lowest BCUT2D eigenvalue weighted by Crippen LogP contribution is -2.49. The van der Waals surface area contributed by atoms with Crippen molar-refractivity contribution < 1.29 is 9.47 Å². The van der Waals surface area contributed by atoms with Crippen LogP contribution in [0.25, 0.3) is 0 Å². The molecular formula is C17H28N2O2. The predicted octanol–water partition coefficient (Wildman–Crippen LogP) is 2.12. The van der Waals surface area contributed by atoms with Crippen molar-refractivity contribution in [2.75, 3.05) is 33.4 Å². The minimum atomic E-state index is 0.356. The van der Waals surface area contributed by atoms with Crippen LogP contribution in [0.15, 0.2) is 18.2 Å². The fourth-order valence-electron chi connectivity index (χ4n) is 2.95. The lowest BCUT2D eigenvalue weighted by molar-refractivity contribution is 0.00920. The summed E-state index contributed by atoms with van der Waals surface area (Å²) in [5, 5.41) is 0. The molecule has 4 nitrogen and oxygen atoms in total. The van der Waals surface area contributed by atoms with Gasteiger partial charge in [-0.2, -0.15) is 0 Å². The van der Waals surface area contributed by atoms with Crippen LogP contribution in [0, 0.1) is 13.8 Å². The van der Waals surface area contributed by atoms with Gasteiger partial charge in [-0.25, -0.2) is 0 Å². The molecule has 1 heterocycles. The average Bonchev–Trinajstić information content (AvgIpc) is 2.50. The van der Waals surface area contributed by atoms with Gasteiger partial charge in [-0.05, 0) is 43.9 Å². The Morgan fingerprint density at radius 2 is 2.14 bits per heavy atom. The maximum absolute atomic E-state index is 5.95. The summed E-state index contributed by atoms with van der Waals surface area (Å²) < 4.78 is 11.4. The van der Waals surface area contributed by atoms with Gasteiger partial charge in [0, 0.05) is 32.8 Å². The maximum Gasteiger partial charge on any atom is 0.122 e. The van der Waals surface area contributed by atoms with Gasteiger partial charge in [0.25, 0.3) is 0 Å². The molecule has 0 bridgehead atoms. The van der Waals surface area contributed by atoms with Crippen LogP contribution in [-0.2, 0) is 4.74 Å². The molecule has 1 fully saturated rings. The normalized spacial score (nSPS) is 23.2. The van der Waals surface area contributed by atoms with Gasteiger partial charge in [-0.3, -0.25) is 4.90 Å². The molecule has 21 heavy (non-hydrogen) atoms. The second-order valence-electron chi connectivity index (χ2n) is 5.92. The number of benzene rings is 1. The topological polar surface area (TPSA) is 47.7 Å². The summed E-state index contributed by atoms with van der Waals surface area (Å²) in [5.74, 6) is 0.992. The summed E-state index contributed by atoms with van der Waals surface area (Å²) in [4.78, 5) is 2.43. The Morgan fingerprint density at radius 3 is 2.86 bits per heavy atom. The minimum absolute atomic E-state index is 0.356. The Labute approximate surface area is 128 Å². The van der Waals surface area contributed by atoms with Crippen LogP contribution in [0.1, 0.15) is 24.0 Å². The first-order valence-corrected chi connectivity index (χ1v) is 7.81. The molecule has 0 amide bonds. The molecule has 4 heteroatoms. The van der Waals surface area contributed by atoms with Gasteiger partial charge in [0.05, 0.1) is 6.10 Å². The lowest BCUT2D eigenvalue weighted by Gasteiger charge is -2.38. The predicted molar refractivity (Wildman–Crippen MR) is 85.9 cm³/mol. The molecule has 2 N–H and O–H groups in total. The van der Waals surface area contributed by atoms with E-state index in [9.17, 15) is 0 Å². The van der Waals surface area contributed by atoms with E-state index in [1.807, 2.05) is 0 Å². The number of piperidine rings is 1. The number of aryl methyl sites for hydroxylation is 2. The molecule has 0 radical (unpaired) electrons. The van der Waals surface area contributed by atoms with Gasteiger partial charge in [-0.1, -0.05) is 12.1 Å². The van der Waals surface area contributed by atoms with Gasteiger partial charge in [0.15, 0.2) is 0 Å². The van der Waals surface area contributed by atoms with Crippen molar-refractivity contribution in [1.29, 1.82) is 0 Å². The highest BCUT2D eigenvalue weighted by Crippen LogP contribution is 2.21. The van der Waals surface area contributed by atoms with Crippen LogP contribution >= 0.6 is 0 Å². The number of hydrogen-bond donors (Lipinski definition) is 1. The van der Waals surface area contributed by atoms with Crippen molar-refractivity contribution in [3.05, 3.63) is 29.3 Å². The summed E-state index contributed by atoms with van der Waals surface area (Å²) >= 11 is 0. The fourth-order valence-corrected chi connectivity index (χ4v) is 2.95. The molecule has 0 aromatic heterocycles. The number of nitrogens with two attached hydrogens (primary N) is 1. The Morgan fingerprint density at radius 1 is 1.33 bits per heavy atom. The van der Waals surface area contributed by atoms with E-state index in [1.165, 1.54) is 11.1 Å². The van der Waals surface area contributed by atoms with E-state index in [-0.39, 0.29) is 0 Å². The zero-order valence-corrected chi connectivity index (χ0v) is 13.5. The van der Waals surface area contributed by atoms with Crippen LogP contribution in [0.2, 0.25) is 0 Å². The largest absolute Gasteiger partial charge is 0.492 e. The molecule has 118 valence electrons. The summed E-state index contributed by atoms with van der Waals surface area (Å²) in [5.41, 5.74) is 8.32. The van der Waals surface area contributed by atoms with Gasteiger partial charge in [0.1, 0.15) is 12.4 Å². The Hall–Kier alpha value is -1.10. The molecule has 1 aromatic rings. The van der Waals surface area contributed by atoms with E-state index in [2.05, 4.69) is 36.9 Å². The summed E-state index contributed by atoms with van der Waals surface area (Å²) in [6, 6.07) is 6.73. The first kappa shape index (κ1) is 16.3. The van der Waals surface area contributed by atoms with E-state index in [0.29, 0.717) is 25.3 Å². The van der Waals surface area contributed by atoms with E-state index in [1.54, 1.807) is 7.11 Å². The van der Waals surface area contributed by atoms with E-state index >= 15 is 0 Å². The molecule has 0 spiro atoms. The van der Waals surface area contributed by atoms with E-state index < -0.39 is 0 Å². The number of methoxy groups -OCH3 is 1. The van der Waals surface area contributed by atoms with Gasteiger partial charge in [0.2, 0.25) is 0 Å². The maximum atomic E-state index is 5.95. The summed E-state index contributed by atoms with van der Waals surface area (Å²) in [7, 11) is 1.79. The number of likely N-dealkylation sites (tertiary alicyclic amines) is 1. The van der Waals surface area contributed by atoms with Crippen molar-refractivity contribution in [3.63, 3.8) is 0 Å². The Balaban J connectivity index is 1.83. The summed E-state index contributed by atoms with van der Waals surface area (Å²) in [6.07, 6.45) is 2.46. The fraction of sp³-hybridized carbons (Fsp3) is 0.647. The Bertz CT molecular complexity index is 450. The minimum Gasteiger partial charge on any atom is -0.492 e. The number of rotatable bonds is 6. The van der Waals surface area contributed by atoms with Crippen molar-refractivity contribution in [1.82, 2.24) is 4.90 Å².